The van der Waals surface area contributed by atoms with Gasteiger partial charge in [-0.15, -0.1) is 0 Å². The zero-order chi connectivity index (χ0) is 13.8. The van der Waals surface area contributed by atoms with Crippen LogP contribution in [0, 0.1) is 0 Å². The fraction of sp³-hybridized carbons (Fsp3) is 0.286. The molecule has 0 saturated heterocycles. The van der Waals surface area contributed by atoms with Gasteiger partial charge in [0.1, 0.15) is 5.82 Å². The van der Waals surface area contributed by atoms with Crippen LogP contribution in [0.5, 0.6) is 0 Å². The van der Waals surface area contributed by atoms with E-state index in [1.807, 2.05) is 10.8 Å². The quantitative estimate of drug-likeness (QED) is 0.821. The van der Waals surface area contributed by atoms with Crippen molar-refractivity contribution in [2.45, 2.75) is 19.8 Å². The summed E-state index contributed by atoms with van der Waals surface area (Å²) in [7, 11) is 1.61. The first-order chi connectivity index (χ1) is 9.17. The van der Waals surface area contributed by atoms with E-state index in [2.05, 4.69) is 17.2 Å². The van der Waals surface area contributed by atoms with Crippen LogP contribution in [0.1, 0.15) is 29.5 Å². The van der Waals surface area contributed by atoms with E-state index in [4.69, 9.17) is 5.73 Å². The van der Waals surface area contributed by atoms with E-state index in [9.17, 15) is 4.79 Å². The van der Waals surface area contributed by atoms with Crippen molar-refractivity contribution in [1.82, 2.24) is 14.9 Å². The Bertz CT molecular complexity index is 589. The summed E-state index contributed by atoms with van der Waals surface area (Å²) in [5.74, 6) is 0.796. The molecule has 100 valence electrons. The number of hydrogen-bond acceptors (Lipinski definition) is 3. The van der Waals surface area contributed by atoms with Gasteiger partial charge in [0, 0.05) is 31.5 Å². The normalized spacial score (nSPS) is 10.4. The molecule has 5 heteroatoms. The fourth-order valence-electron chi connectivity index (χ4n) is 2.04. The summed E-state index contributed by atoms with van der Waals surface area (Å²) in [6.07, 6.45) is 5.44. The zero-order valence-corrected chi connectivity index (χ0v) is 11.2. The standard InChI is InChI=1S/C14H18N4O/c1-3-4-13-17-7-8-18(13)12-9-10(15)5-6-11(12)14(19)16-2/h5-9H,3-4,15H2,1-2H3,(H,16,19). The molecular formula is C14H18N4O. The predicted octanol–water partition coefficient (Wildman–Crippen LogP) is 1.77. The van der Waals surface area contributed by atoms with Crippen molar-refractivity contribution in [1.29, 1.82) is 0 Å². The summed E-state index contributed by atoms with van der Waals surface area (Å²) in [5.41, 5.74) is 7.81. The first-order valence-corrected chi connectivity index (χ1v) is 6.31. The number of rotatable bonds is 4. The Morgan fingerprint density at radius 2 is 2.26 bits per heavy atom. The van der Waals surface area contributed by atoms with Crippen LogP contribution in [0.2, 0.25) is 0 Å². The molecule has 0 fully saturated rings. The van der Waals surface area contributed by atoms with Gasteiger partial charge in [-0.25, -0.2) is 4.98 Å². The highest BCUT2D eigenvalue weighted by molar-refractivity contribution is 5.98. The Hall–Kier alpha value is -2.30. The molecule has 1 aromatic carbocycles. The molecule has 0 saturated carbocycles. The molecule has 3 N–H and O–H groups in total. The van der Waals surface area contributed by atoms with Crippen LogP contribution >= 0.6 is 0 Å². The lowest BCUT2D eigenvalue weighted by atomic mass is 10.1. The molecule has 0 aliphatic carbocycles. The number of carbonyl (C=O) groups is 1. The summed E-state index contributed by atoms with van der Waals surface area (Å²) in [5, 5.41) is 2.64. The molecule has 0 aliphatic heterocycles. The van der Waals surface area contributed by atoms with Crippen LogP contribution in [-0.4, -0.2) is 22.5 Å². The van der Waals surface area contributed by atoms with Crippen molar-refractivity contribution >= 4 is 11.6 Å². The summed E-state index contributed by atoms with van der Waals surface area (Å²) >= 11 is 0. The van der Waals surface area contributed by atoms with Gasteiger partial charge in [0.25, 0.3) is 5.91 Å². The number of amides is 1. The maximum atomic E-state index is 11.9. The van der Waals surface area contributed by atoms with Crippen molar-refractivity contribution in [2.75, 3.05) is 12.8 Å². The summed E-state index contributed by atoms with van der Waals surface area (Å²) in [4.78, 5) is 16.3. The number of nitrogens with zero attached hydrogens (tertiary/aromatic N) is 2. The molecule has 0 bridgehead atoms. The molecule has 0 unspecified atom stereocenters. The second kappa shape index (κ2) is 5.56. The second-order valence-electron chi connectivity index (χ2n) is 4.32. The smallest absolute Gasteiger partial charge is 0.253 e. The number of benzene rings is 1. The van der Waals surface area contributed by atoms with E-state index in [0.717, 1.165) is 24.4 Å². The summed E-state index contributed by atoms with van der Waals surface area (Å²) < 4.78 is 1.92. The fourth-order valence-corrected chi connectivity index (χ4v) is 2.04. The molecule has 2 aromatic rings. The Labute approximate surface area is 112 Å². The lowest BCUT2D eigenvalue weighted by molar-refractivity contribution is 0.0963. The van der Waals surface area contributed by atoms with Crippen LogP contribution < -0.4 is 11.1 Å². The van der Waals surface area contributed by atoms with Gasteiger partial charge in [0.2, 0.25) is 0 Å². The van der Waals surface area contributed by atoms with Gasteiger partial charge in [-0.3, -0.25) is 4.79 Å². The van der Waals surface area contributed by atoms with Gasteiger partial charge >= 0.3 is 0 Å². The number of aryl methyl sites for hydroxylation is 1. The Kier molecular flexibility index (Phi) is 3.85. The van der Waals surface area contributed by atoms with E-state index < -0.39 is 0 Å². The third-order valence-electron chi connectivity index (χ3n) is 2.94. The molecule has 5 nitrogen and oxygen atoms in total. The molecule has 0 aliphatic rings. The van der Waals surface area contributed by atoms with Gasteiger partial charge in [0.05, 0.1) is 11.3 Å². The van der Waals surface area contributed by atoms with Gasteiger partial charge < -0.3 is 15.6 Å². The van der Waals surface area contributed by atoms with Crippen LogP contribution in [-0.2, 0) is 6.42 Å². The average molecular weight is 258 g/mol. The van der Waals surface area contributed by atoms with E-state index >= 15 is 0 Å². The number of nitrogens with two attached hydrogens (primary N) is 1. The van der Waals surface area contributed by atoms with Crippen LogP contribution in [0.25, 0.3) is 5.69 Å². The maximum Gasteiger partial charge on any atom is 0.253 e. The minimum atomic E-state index is -0.133. The van der Waals surface area contributed by atoms with E-state index in [1.165, 1.54) is 0 Å². The minimum Gasteiger partial charge on any atom is -0.399 e. The SMILES string of the molecule is CCCc1nccn1-c1cc(N)ccc1C(=O)NC. The number of nitrogens with one attached hydrogen (secondary N) is 1. The monoisotopic (exact) mass is 258 g/mol. The largest absolute Gasteiger partial charge is 0.399 e. The molecule has 2 rings (SSSR count). The third-order valence-corrected chi connectivity index (χ3v) is 2.94. The van der Waals surface area contributed by atoms with Crippen LogP contribution in [0.15, 0.2) is 30.6 Å². The van der Waals surface area contributed by atoms with Crippen LogP contribution in [0.4, 0.5) is 5.69 Å². The third kappa shape index (κ3) is 2.59. The highest BCUT2D eigenvalue weighted by Crippen LogP contribution is 2.20. The van der Waals surface area contributed by atoms with E-state index in [-0.39, 0.29) is 5.91 Å². The van der Waals surface area contributed by atoms with Gasteiger partial charge in [-0.2, -0.15) is 0 Å². The zero-order valence-electron chi connectivity index (χ0n) is 11.2. The molecule has 1 heterocycles. The van der Waals surface area contributed by atoms with Gasteiger partial charge in [-0.1, -0.05) is 6.92 Å². The van der Waals surface area contributed by atoms with Gasteiger partial charge in [-0.05, 0) is 24.6 Å². The molecule has 0 spiro atoms. The number of aromatic nitrogens is 2. The second-order valence-corrected chi connectivity index (χ2v) is 4.32. The molecule has 1 amide bonds. The van der Waals surface area contributed by atoms with Crippen molar-refractivity contribution < 1.29 is 4.79 Å². The number of carbonyl (C=O) groups excluding carboxylic acids is 1. The first kappa shape index (κ1) is 13.1. The number of anilines is 1. The highest BCUT2D eigenvalue weighted by Gasteiger charge is 2.14. The van der Waals surface area contributed by atoms with Crippen molar-refractivity contribution in [3.05, 3.63) is 42.0 Å². The summed E-state index contributed by atoms with van der Waals surface area (Å²) in [6.45, 7) is 2.10. The molecule has 0 radical (unpaired) electrons. The summed E-state index contributed by atoms with van der Waals surface area (Å²) in [6, 6.07) is 5.26. The average Bonchev–Trinajstić information content (AvgIpc) is 2.86. The molecule has 19 heavy (non-hydrogen) atoms. The van der Waals surface area contributed by atoms with Crippen molar-refractivity contribution in [3.8, 4) is 5.69 Å². The highest BCUT2D eigenvalue weighted by atomic mass is 16.1. The Morgan fingerprint density at radius 3 is 2.95 bits per heavy atom. The Morgan fingerprint density at radius 1 is 1.47 bits per heavy atom. The lowest BCUT2D eigenvalue weighted by Crippen LogP contribution is -2.20. The maximum absolute atomic E-state index is 11.9. The van der Waals surface area contributed by atoms with Gasteiger partial charge in [0.15, 0.2) is 0 Å². The number of imidazole rings is 1. The van der Waals surface area contributed by atoms with Crippen LogP contribution in [0.3, 0.4) is 0 Å². The first-order valence-electron chi connectivity index (χ1n) is 6.31. The minimum absolute atomic E-state index is 0.133. The van der Waals surface area contributed by atoms with Crippen molar-refractivity contribution in [2.24, 2.45) is 0 Å². The van der Waals surface area contributed by atoms with E-state index in [0.29, 0.717) is 11.3 Å². The molecule has 1 aromatic heterocycles. The number of nitrogen functional groups attached to an aromatic ring is 1. The Balaban J connectivity index is 2.56. The molecular weight excluding hydrogens is 240 g/mol. The molecule has 0 atom stereocenters. The van der Waals surface area contributed by atoms with E-state index in [1.54, 1.807) is 31.4 Å². The topological polar surface area (TPSA) is 72.9 Å². The lowest BCUT2D eigenvalue weighted by Gasteiger charge is -2.13. The predicted molar refractivity (Wildman–Crippen MR) is 75.4 cm³/mol. The van der Waals surface area contributed by atoms with Crippen molar-refractivity contribution in [3.63, 3.8) is 0 Å². The number of hydrogen-bond donors (Lipinski definition) is 2.